The van der Waals surface area contributed by atoms with Gasteiger partial charge in [-0.3, -0.25) is 9.59 Å². The van der Waals surface area contributed by atoms with Gasteiger partial charge in [0.15, 0.2) is 17.3 Å². The van der Waals surface area contributed by atoms with Gasteiger partial charge in [-0.05, 0) is 43.4 Å². The van der Waals surface area contributed by atoms with Gasteiger partial charge in [0.2, 0.25) is 5.91 Å². The van der Waals surface area contributed by atoms with Crippen molar-refractivity contribution >= 4 is 11.7 Å². The third-order valence-corrected chi connectivity index (χ3v) is 6.30. The van der Waals surface area contributed by atoms with Crippen LogP contribution >= 0.6 is 0 Å². The highest BCUT2D eigenvalue weighted by Crippen LogP contribution is 2.31. The van der Waals surface area contributed by atoms with Crippen LogP contribution < -0.4 is 9.47 Å². The Bertz CT molecular complexity index is 681. The number of likely N-dealkylation sites (tertiary alicyclic amines) is 1. The van der Waals surface area contributed by atoms with Crippen LogP contribution in [0.1, 0.15) is 68.1 Å². The third kappa shape index (κ3) is 5.06. The Morgan fingerprint density at radius 3 is 2.46 bits per heavy atom. The minimum atomic E-state index is -0.134. The lowest BCUT2D eigenvalue weighted by molar-refractivity contribution is -0.133. The summed E-state index contributed by atoms with van der Waals surface area (Å²) in [4.78, 5) is 27.6. The lowest BCUT2D eigenvalue weighted by Gasteiger charge is -2.33. The smallest absolute Gasteiger partial charge is 0.222 e. The first-order chi connectivity index (χ1) is 13.6. The van der Waals surface area contributed by atoms with E-state index in [1.165, 1.54) is 32.1 Å². The van der Waals surface area contributed by atoms with E-state index in [0.717, 1.165) is 25.8 Å². The predicted molar refractivity (Wildman–Crippen MR) is 109 cm³/mol. The Morgan fingerprint density at radius 1 is 1.00 bits per heavy atom. The Kier molecular flexibility index (Phi) is 7.35. The molecule has 0 aromatic heterocycles. The molecule has 1 unspecified atom stereocenters. The summed E-state index contributed by atoms with van der Waals surface area (Å²) in [5.74, 6) is 2.06. The predicted octanol–water partition coefficient (Wildman–Crippen LogP) is 4.49. The Hall–Kier alpha value is -2.04. The first kappa shape index (κ1) is 20.7. The number of ketones is 1. The molecule has 1 aliphatic carbocycles. The summed E-state index contributed by atoms with van der Waals surface area (Å²) in [6.07, 6.45) is 9.86. The zero-order valence-electron chi connectivity index (χ0n) is 17.2. The number of carbonyl (C=O) groups excluding carboxylic acids is 2. The number of Topliss-reactive ketones (excluding diaryl/α,β-unsaturated/α-hetero) is 1. The van der Waals surface area contributed by atoms with Crippen molar-refractivity contribution in [2.75, 3.05) is 27.3 Å². The van der Waals surface area contributed by atoms with Gasteiger partial charge in [0.25, 0.3) is 0 Å². The SMILES string of the molecule is COc1ccc(C(=O)C2CCCN(C(=O)CCC3CCCCC3)C2)cc1OC. The molecule has 1 amide bonds. The highest BCUT2D eigenvalue weighted by molar-refractivity contribution is 5.99. The largest absolute Gasteiger partial charge is 0.493 e. The number of methoxy groups -OCH3 is 2. The second-order valence-electron chi connectivity index (χ2n) is 8.16. The second kappa shape index (κ2) is 9.94. The normalized spacial score (nSPS) is 20.6. The highest BCUT2D eigenvalue weighted by Gasteiger charge is 2.29. The van der Waals surface area contributed by atoms with Crippen molar-refractivity contribution in [2.45, 2.75) is 57.8 Å². The van der Waals surface area contributed by atoms with Crippen molar-refractivity contribution in [3.05, 3.63) is 23.8 Å². The molecule has 0 radical (unpaired) electrons. The van der Waals surface area contributed by atoms with Crippen molar-refractivity contribution in [1.29, 1.82) is 0 Å². The molecule has 5 heteroatoms. The van der Waals surface area contributed by atoms with E-state index in [9.17, 15) is 9.59 Å². The van der Waals surface area contributed by atoms with Crippen molar-refractivity contribution in [3.63, 3.8) is 0 Å². The van der Waals surface area contributed by atoms with Crippen LogP contribution in [-0.2, 0) is 4.79 Å². The number of benzene rings is 1. The Labute approximate surface area is 168 Å². The standard InChI is InChI=1S/C23H33NO4/c1-27-20-12-11-18(15-21(20)28-2)23(26)19-9-6-14-24(16-19)22(25)13-10-17-7-4-3-5-8-17/h11-12,15,17,19H,3-10,13-14,16H2,1-2H3. The van der Waals surface area contributed by atoms with Crippen LogP contribution in [0.5, 0.6) is 11.5 Å². The summed E-state index contributed by atoms with van der Waals surface area (Å²) in [6.45, 7) is 1.32. The van der Waals surface area contributed by atoms with Crippen LogP contribution in [0.3, 0.4) is 0 Å². The molecule has 1 aromatic rings. The van der Waals surface area contributed by atoms with E-state index in [-0.39, 0.29) is 17.6 Å². The quantitative estimate of drug-likeness (QED) is 0.647. The lowest BCUT2D eigenvalue weighted by Crippen LogP contribution is -2.42. The van der Waals surface area contributed by atoms with Gasteiger partial charge in [-0.1, -0.05) is 32.1 Å². The van der Waals surface area contributed by atoms with E-state index < -0.39 is 0 Å². The first-order valence-corrected chi connectivity index (χ1v) is 10.7. The summed E-state index contributed by atoms with van der Waals surface area (Å²) >= 11 is 0. The van der Waals surface area contributed by atoms with Gasteiger partial charge >= 0.3 is 0 Å². The molecule has 28 heavy (non-hydrogen) atoms. The maximum Gasteiger partial charge on any atom is 0.222 e. The van der Waals surface area contributed by atoms with Gasteiger partial charge in [0.05, 0.1) is 14.2 Å². The molecular formula is C23H33NO4. The zero-order chi connectivity index (χ0) is 19.9. The maximum atomic E-state index is 13.0. The first-order valence-electron chi connectivity index (χ1n) is 10.7. The van der Waals surface area contributed by atoms with Crippen molar-refractivity contribution in [1.82, 2.24) is 4.90 Å². The Balaban J connectivity index is 1.57. The van der Waals surface area contributed by atoms with Crippen LogP contribution in [0.15, 0.2) is 18.2 Å². The van der Waals surface area contributed by atoms with Gasteiger partial charge in [-0.15, -0.1) is 0 Å². The minimum Gasteiger partial charge on any atom is -0.493 e. The number of carbonyl (C=O) groups is 2. The zero-order valence-corrected chi connectivity index (χ0v) is 17.2. The molecule has 1 saturated heterocycles. The third-order valence-electron chi connectivity index (χ3n) is 6.30. The number of piperidine rings is 1. The van der Waals surface area contributed by atoms with E-state index in [2.05, 4.69) is 0 Å². The topological polar surface area (TPSA) is 55.8 Å². The molecule has 2 fully saturated rings. The van der Waals surface area contributed by atoms with Crippen LogP contribution in [-0.4, -0.2) is 43.9 Å². The number of ether oxygens (including phenoxy) is 2. The summed E-state index contributed by atoms with van der Waals surface area (Å²) in [6, 6.07) is 5.29. The second-order valence-corrected chi connectivity index (χ2v) is 8.16. The van der Waals surface area contributed by atoms with E-state index in [4.69, 9.17) is 9.47 Å². The fraction of sp³-hybridized carbons (Fsp3) is 0.652. The van der Waals surface area contributed by atoms with Gasteiger partial charge < -0.3 is 14.4 Å². The number of rotatable bonds is 7. The average Bonchev–Trinajstić information content (AvgIpc) is 2.77. The fourth-order valence-corrected chi connectivity index (χ4v) is 4.60. The van der Waals surface area contributed by atoms with Crippen LogP contribution in [0.4, 0.5) is 0 Å². The van der Waals surface area contributed by atoms with Crippen LogP contribution in [0.2, 0.25) is 0 Å². The molecule has 154 valence electrons. The highest BCUT2D eigenvalue weighted by atomic mass is 16.5. The molecule has 3 rings (SSSR count). The molecule has 1 atom stereocenters. The fourth-order valence-electron chi connectivity index (χ4n) is 4.60. The number of hydrogen-bond acceptors (Lipinski definition) is 4. The van der Waals surface area contributed by atoms with E-state index in [0.29, 0.717) is 35.9 Å². The van der Waals surface area contributed by atoms with Gasteiger partial charge in [0.1, 0.15) is 0 Å². The molecule has 0 spiro atoms. The van der Waals surface area contributed by atoms with Crippen molar-refractivity contribution < 1.29 is 19.1 Å². The van der Waals surface area contributed by atoms with Gasteiger partial charge in [-0.25, -0.2) is 0 Å². The molecule has 1 aliphatic heterocycles. The van der Waals surface area contributed by atoms with E-state index >= 15 is 0 Å². The molecule has 0 N–H and O–H groups in total. The average molecular weight is 388 g/mol. The van der Waals surface area contributed by atoms with E-state index in [1.54, 1.807) is 32.4 Å². The van der Waals surface area contributed by atoms with Crippen LogP contribution in [0, 0.1) is 11.8 Å². The molecule has 2 aliphatic rings. The lowest BCUT2D eigenvalue weighted by atomic mass is 9.85. The Morgan fingerprint density at radius 2 is 1.75 bits per heavy atom. The van der Waals surface area contributed by atoms with Crippen molar-refractivity contribution in [3.8, 4) is 11.5 Å². The monoisotopic (exact) mass is 387 g/mol. The summed E-state index contributed by atoms with van der Waals surface area (Å²) in [5.41, 5.74) is 0.624. The molecule has 1 aromatic carbocycles. The summed E-state index contributed by atoms with van der Waals surface area (Å²) < 4.78 is 10.6. The van der Waals surface area contributed by atoms with E-state index in [1.807, 2.05) is 4.90 Å². The van der Waals surface area contributed by atoms with Crippen LogP contribution in [0.25, 0.3) is 0 Å². The number of hydrogen-bond donors (Lipinski definition) is 0. The number of amides is 1. The maximum absolute atomic E-state index is 13.0. The number of nitrogens with zero attached hydrogens (tertiary/aromatic N) is 1. The molecule has 1 heterocycles. The van der Waals surface area contributed by atoms with Crippen molar-refractivity contribution in [2.24, 2.45) is 11.8 Å². The molecule has 0 bridgehead atoms. The minimum absolute atomic E-state index is 0.0886. The molecule has 1 saturated carbocycles. The molecular weight excluding hydrogens is 354 g/mol. The van der Waals surface area contributed by atoms with Gasteiger partial charge in [-0.2, -0.15) is 0 Å². The van der Waals surface area contributed by atoms with Gasteiger partial charge in [0, 0.05) is 31.0 Å². The summed E-state index contributed by atoms with van der Waals surface area (Å²) in [7, 11) is 3.15. The summed E-state index contributed by atoms with van der Waals surface area (Å²) in [5, 5.41) is 0. The molecule has 5 nitrogen and oxygen atoms in total.